The molecule has 0 radical (unpaired) electrons. The Balaban J connectivity index is 1.55. The number of aliphatic hydroxyl groups is 1. The summed E-state index contributed by atoms with van der Waals surface area (Å²) in [6.45, 7) is 4.29. The van der Waals surface area contributed by atoms with E-state index in [-0.39, 0.29) is 5.82 Å². The highest BCUT2D eigenvalue weighted by Gasteiger charge is 2.25. The number of aliphatic hydroxyl groups excluding tert-OH is 1. The summed E-state index contributed by atoms with van der Waals surface area (Å²) in [5.74, 6) is -0.258. The predicted octanol–water partition coefficient (Wildman–Crippen LogP) is 3.35. The van der Waals surface area contributed by atoms with Crippen molar-refractivity contribution in [1.29, 1.82) is 0 Å². The lowest BCUT2D eigenvalue weighted by atomic mass is 10.0. The fraction of sp³-hybridized carbons (Fsp3) is 0.368. The molecule has 1 saturated heterocycles. The first-order valence-electron chi connectivity index (χ1n) is 8.10. The molecule has 2 aromatic rings. The van der Waals surface area contributed by atoms with Crippen LogP contribution in [0.5, 0.6) is 0 Å². The SMILES string of the molecule is Cc1cc(F)ccc1C(O)CN1CCC(Nc2ccccc2)C1. The second-order valence-corrected chi connectivity index (χ2v) is 6.27. The zero-order chi connectivity index (χ0) is 16.2. The first kappa shape index (κ1) is 16.0. The molecule has 0 bridgehead atoms. The Hall–Kier alpha value is -1.91. The zero-order valence-corrected chi connectivity index (χ0v) is 13.4. The molecule has 2 N–H and O–H groups in total. The van der Waals surface area contributed by atoms with Crippen LogP contribution in [0.4, 0.5) is 10.1 Å². The number of nitrogens with zero attached hydrogens (tertiary/aromatic N) is 1. The van der Waals surface area contributed by atoms with Crippen molar-refractivity contribution in [2.75, 3.05) is 25.0 Å². The lowest BCUT2D eigenvalue weighted by molar-refractivity contribution is 0.125. The van der Waals surface area contributed by atoms with Crippen molar-refractivity contribution < 1.29 is 9.50 Å². The number of benzene rings is 2. The maximum absolute atomic E-state index is 13.2. The van der Waals surface area contributed by atoms with Crippen LogP contribution in [0.2, 0.25) is 0 Å². The van der Waals surface area contributed by atoms with Crippen LogP contribution in [0.15, 0.2) is 48.5 Å². The fourth-order valence-electron chi connectivity index (χ4n) is 3.24. The molecule has 3 rings (SSSR count). The Bertz CT molecular complexity index is 647. The number of anilines is 1. The summed E-state index contributed by atoms with van der Waals surface area (Å²) in [4.78, 5) is 2.26. The van der Waals surface area contributed by atoms with Crippen LogP contribution >= 0.6 is 0 Å². The second kappa shape index (κ2) is 7.11. The highest BCUT2D eigenvalue weighted by Crippen LogP contribution is 2.22. The van der Waals surface area contributed by atoms with E-state index >= 15 is 0 Å². The topological polar surface area (TPSA) is 35.5 Å². The molecule has 0 aliphatic carbocycles. The number of rotatable bonds is 5. The fourth-order valence-corrected chi connectivity index (χ4v) is 3.24. The summed E-state index contributed by atoms with van der Waals surface area (Å²) in [7, 11) is 0. The lowest BCUT2D eigenvalue weighted by Crippen LogP contribution is -2.30. The molecule has 0 amide bonds. The maximum atomic E-state index is 13.2. The first-order valence-corrected chi connectivity index (χ1v) is 8.10. The molecule has 0 aromatic heterocycles. The molecular formula is C19H23FN2O. The van der Waals surface area contributed by atoms with Gasteiger partial charge in [0.15, 0.2) is 0 Å². The minimum Gasteiger partial charge on any atom is -0.387 e. The minimum absolute atomic E-state index is 0.258. The Kier molecular flexibility index (Phi) is 4.94. The molecule has 2 aromatic carbocycles. The van der Waals surface area contributed by atoms with E-state index in [0.717, 1.165) is 36.3 Å². The third-order valence-electron chi connectivity index (χ3n) is 4.44. The van der Waals surface area contributed by atoms with Crippen LogP contribution in [0.25, 0.3) is 0 Å². The maximum Gasteiger partial charge on any atom is 0.123 e. The van der Waals surface area contributed by atoms with E-state index in [0.29, 0.717) is 12.6 Å². The Morgan fingerprint density at radius 2 is 2.04 bits per heavy atom. The first-order chi connectivity index (χ1) is 11.1. The summed E-state index contributed by atoms with van der Waals surface area (Å²) in [6.07, 6.45) is 0.482. The van der Waals surface area contributed by atoms with Crippen LogP contribution in [0.1, 0.15) is 23.7 Å². The second-order valence-electron chi connectivity index (χ2n) is 6.27. The monoisotopic (exact) mass is 314 g/mol. The Morgan fingerprint density at radius 3 is 2.78 bits per heavy atom. The van der Waals surface area contributed by atoms with Crippen LogP contribution in [0.3, 0.4) is 0 Å². The van der Waals surface area contributed by atoms with Gasteiger partial charge >= 0.3 is 0 Å². The number of halogens is 1. The van der Waals surface area contributed by atoms with E-state index in [4.69, 9.17) is 0 Å². The van der Waals surface area contributed by atoms with Crippen molar-refractivity contribution in [2.45, 2.75) is 25.5 Å². The van der Waals surface area contributed by atoms with Crippen molar-refractivity contribution in [3.8, 4) is 0 Å². The lowest BCUT2D eigenvalue weighted by Gasteiger charge is -2.22. The number of likely N-dealkylation sites (tertiary alicyclic amines) is 1. The van der Waals surface area contributed by atoms with Gasteiger partial charge < -0.3 is 10.4 Å². The standard InChI is InChI=1S/C19H23FN2O/c1-14-11-15(20)7-8-18(14)19(23)13-22-10-9-17(12-22)21-16-5-3-2-4-6-16/h2-8,11,17,19,21,23H,9-10,12-13H2,1H3. The number of hydrogen-bond acceptors (Lipinski definition) is 3. The number of β-amino-alcohol motifs (C(OH)–C–C–N with tert-alkyl or cyclic N) is 1. The summed E-state index contributed by atoms with van der Waals surface area (Å²) >= 11 is 0. The van der Waals surface area contributed by atoms with E-state index in [9.17, 15) is 9.50 Å². The van der Waals surface area contributed by atoms with Crippen molar-refractivity contribution in [2.24, 2.45) is 0 Å². The van der Waals surface area contributed by atoms with Gasteiger partial charge in [-0.1, -0.05) is 24.3 Å². The average Bonchev–Trinajstić information content (AvgIpc) is 2.95. The van der Waals surface area contributed by atoms with Gasteiger partial charge in [0.05, 0.1) is 6.10 Å². The van der Waals surface area contributed by atoms with Gasteiger partial charge in [-0.15, -0.1) is 0 Å². The molecule has 0 spiro atoms. The van der Waals surface area contributed by atoms with E-state index < -0.39 is 6.10 Å². The van der Waals surface area contributed by atoms with Gasteiger partial charge in [-0.25, -0.2) is 4.39 Å². The number of para-hydroxylation sites is 1. The van der Waals surface area contributed by atoms with E-state index in [2.05, 4.69) is 22.3 Å². The molecule has 2 unspecified atom stereocenters. The van der Waals surface area contributed by atoms with Gasteiger partial charge in [0.2, 0.25) is 0 Å². The molecule has 2 atom stereocenters. The zero-order valence-electron chi connectivity index (χ0n) is 13.4. The third kappa shape index (κ3) is 4.09. The van der Waals surface area contributed by atoms with Gasteiger partial charge in [-0.05, 0) is 48.7 Å². The summed E-state index contributed by atoms with van der Waals surface area (Å²) in [5, 5.41) is 14.0. The van der Waals surface area contributed by atoms with Gasteiger partial charge in [-0.3, -0.25) is 4.90 Å². The van der Waals surface area contributed by atoms with Crippen molar-refractivity contribution in [3.63, 3.8) is 0 Å². The Morgan fingerprint density at radius 1 is 1.26 bits per heavy atom. The van der Waals surface area contributed by atoms with Gasteiger partial charge in [0.1, 0.15) is 5.82 Å². The number of nitrogens with one attached hydrogen (secondary N) is 1. The molecule has 1 aliphatic heterocycles. The number of aryl methyl sites for hydroxylation is 1. The smallest absolute Gasteiger partial charge is 0.123 e. The van der Waals surface area contributed by atoms with Crippen molar-refractivity contribution in [1.82, 2.24) is 4.90 Å². The molecule has 1 fully saturated rings. The molecule has 1 aliphatic rings. The molecule has 23 heavy (non-hydrogen) atoms. The van der Waals surface area contributed by atoms with E-state index in [1.165, 1.54) is 12.1 Å². The van der Waals surface area contributed by atoms with Gasteiger partial charge in [0.25, 0.3) is 0 Å². The van der Waals surface area contributed by atoms with E-state index in [1.54, 1.807) is 6.07 Å². The summed E-state index contributed by atoms with van der Waals surface area (Å²) in [5.41, 5.74) is 2.75. The normalized spacial score (nSPS) is 19.7. The van der Waals surface area contributed by atoms with Crippen LogP contribution < -0.4 is 5.32 Å². The average molecular weight is 314 g/mol. The third-order valence-corrected chi connectivity index (χ3v) is 4.44. The van der Waals surface area contributed by atoms with Crippen molar-refractivity contribution in [3.05, 3.63) is 65.5 Å². The minimum atomic E-state index is -0.578. The molecular weight excluding hydrogens is 291 g/mol. The highest BCUT2D eigenvalue weighted by molar-refractivity contribution is 5.43. The molecule has 1 heterocycles. The predicted molar refractivity (Wildman–Crippen MR) is 91.0 cm³/mol. The van der Waals surface area contributed by atoms with Crippen molar-refractivity contribution >= 4 is 5.69 Å². The molecule has 0 saturated carbocycles. The molecule has 4 heteroatoms. The summed E-state index contributed by atoms with van der Waals surface area (Å²) < 4.78 is 13.2. The Labute approximate surface area is 136 Å². The van der Waals surface area contributed by atoms with Crippen LogP contribution in [0, 0.1) is 12.7 Å². The van der Waals surface area contributed by atoms with Gasteiger partial charge in [0, 0.05) is 31.4 Å². The summed E-state index contributed by atoms with van der Waals surface area (Å²) in [6, 6.07) is 15.2. The largest absolute Gasteiger partial charge is 0.387 e. The van der Waals surface area contributed by atoms with Crippen LogP contribution in [-0.4, -0.2) is 35.7 Å². The quantitative estimate of drug-likeness (QED) is 0.888. The highest BCUT2D eigenvalue weighted by atomic mass is 19.1. The molecule has 3 nitrogen and oxygen atoms in total. The molecule has 122 valence electrons. The van der Waals surface area contributed by atoms with Gasteiger partial charge in [-0.2, -0.15) is 0 Å². The number of hydrogen-bond donors (Lipinski definition) is 2. The van der Waals surface area contributed by atoms with Crippen LogP contribution in [-0.2, 0) is 0 Å². The van der Waals surface area contributed by atoms with E-state index in [1.807, 2.05) is 25.1 Å².